The van der Waals surface area contributed by atoms with Crippen LogP contribution in [0.3, 0.4) is 0 Å². The van der Waals surface area contributed by atoms with Crippen molar-refractivity contribution >= 4 is 41.2 Å². The summed E-state index contributed by atoms with van der Waals surface area (Å²) in [5.74, 6) is -0.833. The Bertz CT molecular complexity index is 680. The molecule has 1 aromatic carbocycles. The van der Waals surface area contributed by atoms with Crippen LogP contribution in [0.25, 0.3) is 0 Å². The van der Waals surface area contributed by atoms with Gasteiger partial charge in [-0.15, -0.1) is 0 Å². The fourth-order valence-electron chi connectivity index (χ4n) is 2.08. The Kier molecular flexibility index (Phi) is 5.22. The summed E-state index contributed by atoms with van der Waals surface area (Å²) in [6.07, 6.45) is -0.104. The number of carbonyl (C=O) groups excluding carboxylic acids is 2. The summed E-state index contributed by atoms with van der Waals surface area (Å²) in [6.45, 7) is 1.78. The molecule has 23 heavy (non-hydrogen) atoms. The van der Waals surface area contributed by atoms with Crippen LogP contribution in [0, 0.1) is 5.82 Å². The van der Waals surface area contributed by atoms with E-state index in [1.165, 1.54) is 24.0 Å². The largest absolute Gasteiger partial charge is 0.442 e. The average Bonchev–Trinajstić information content (AvgIpc) is 2.86. The van der Waals surface area contributed by atoms with Crippen LogP contribution in [-0.4, -0.2) is 42.5 Å². The lowest BCUT2D eigenvalue weighted by Crippen LogP contribution is -2.33. The van der Waals surface area contributed by atoms with Gasteiger partial charge in [0.25, 0.3) is 0 Å². The maximum absolute atomic E-state index is 14.1. The van der Waals surface area contributed by atoms with Crippen LogP contribution in [-0.2, 0) is 9.53 Å². The van der Waals surface area contributed by atoms with Crippen molar-refractivity contribution in [3.63, 3.8) is 0 Å². The summed E-state index contributed by atoms with van der Waals surface area (Å²) >= 11 is 4.92. The Morgan fingerprint density at radius 1 is 1.65 bits per heavy atom. The van der Waals surface area contributed by atoms with Crippen molar-refractivity contribution in [2.75, 3.05) is 18.0 Å². The number of aliphatic imine (C=N–C) groups is 1. The van der Waals surface area contributed by atoms with Gasteiger partial charge in [-0.25, -0.2) is 14.2 Å². The summed E-state index contributed by atoms with van der Waals surface area (Å²) in [5.41, 5.74) is 5.58. The number of amides is 2. The molecule has 0 saturated carbocycles. The zero-order valence-corrected chi connectivity index (χ0v) is 13.1. The van der Waals surface area contributed by atoms with E-state index in [2.05, 4.69) is 10.3 Å². The van der Waals surface area contributed by atoms with Crippen molar-refractivity contribution in [2.24, 2.45) is 10.7 Å². The number of nitrogens with one attached hydrogen (secondary N) is 1. The Labute approximate surface area is 137 Å². The van der Waals surface area contributed by atoms with Gasteiger partial charge in [-0.05, 0) is 18.2 Å². The van der Waals surface area contributed by atoms with Crippen molar-refractivity contribution < 1.29 is 18.7 Å². The Hall–Kier alpha value is -2.55. The molecular weight excluding hydrogens is 323 g/mol. The zero-order valence-electron chi connectivity index (χ0n) is 12.3. The summed E-state index contributed by atoms with van der Waals surface area (Å²) < 4.78 is 19.2. The molecule has 0 aromatic heterocycles. The summed E-state index contributed by atoms with van der Waals surface area (Å²) in [4.78, 5) is 27.7. The van der Waals surface area contributed by atoms with Crippen molar-refractivity contribution in [1.29, 1.82) is 0 Å². The second-order valence-corrected chi connectivity index (χ2v) is 5.19. The van der Waals surface area contributed by atoms with E-state index in [4.69, 9.17) is 22.7 Å². The van der Waals surface area contributed by atoms with Crippen LogP contribution in [0.4, 0.5) is 14.9 Å². The maximum Gasteiger partial charge on any atom is 0.414 e. The van der Waals surface area contributed by atoms with Crippen LogP contribution in [0.1, 0.15) is 12.5 Å². The third-order valence-electron chi connectivity index (χ3n) is 3.14. The minimum atomic E-state index is -0.615. The molecule has 0 radical (unpaired) electrons. The number of anilines is 1. The highest BCUT2D eigenvalue weighted by Gasteiger charge is 2.32. The second kappa shape index (κ2) is 7.14. The molecule has 9 heteroatoms. The molecule has 122 valence electrons. The van der Waals surface area contributed by atoms with Gasteiger partial charge >= 0.3 is 6.09 Å². The van der Waals surface area contributed by atoms with Crippen LogP contribution >= 0.6 is 12.2 Å². The molecular formula is C14H15FN4O3S. The third-order valence-corrected chi connectivity index (χ3v) is 3.46. The molecule has 1 aliphatic rings. The molecule has 0 aliphatic carbocycles. The van der Waals surface area contributed by atoms with Crippen LogP contribution in [0.5, 0.6) is 0 Å². The van der Waals surface area contributed by atoms with Gasteiger partial charge in [-0.1, -0.05) is 12.2 Å². The van der Waals surface area contributed by atoms with Gasteiger partial charge in [0, 0.05) is 12.5 Å². The van der Waals surface area contributed by atoms with E-state index in [0.717, 1.165) is 6.34 Å². The number of thiocarbonyl (C=S) groups is 1. The van der Waals surface area contributed by atoms with Gasteiger partial charge in [0.15, 0.2) is 0 Å². The van der Waals surface area contributed by atoms with Crippen LogP contribution in [0.15, 0.2) is 23.2 Å². The molecule has 2 amide bonds. The molecule has 1 atom stereocenters. The van der Waals surface area contributed by atoms with Gasteiger partial charge < -0.3 is 15.8 Å². The average molecular weight is 338 g/mol. The number of cyclic esters (lactones) is 1. The normalized spacial score (nSPS) is 17.4. The number of carbonyl (C=O) groups is 2. The number of benzene rings is 1. The molecule has 1 saturated heterocycles. The summed E-state index contributed by atoms with van der Waals surface area (Å²) in [6, 6.07) is 4.14. The van der Waals surface area contributed by atoms with Gasteiger partial charge in [-0.2, -0.15) is 0 Å². The van der Waals surface area contributed by atoms with Gasteiger partial charge in [0.05, 0.1) is 25.1 Å². The number of nitrogens with zero attached hydrogens (tertiary/aromatic N) is 2. The monoisotopic (exact) mass is 338 g/mol. The number of rotatable bonds is 4. The number of ether oxygens (including phenoxy) is 1. The second-order valence-electron chi connectivity index (χ2n) is 4.80. The molecule has 1 heterocycles. The molecule has 3 N–H and O–H groups in total. The Morgan fingerprint density at radius 2 is 2.39 bits per heavy atom. The van der Waals surface area contributed by atoms with Crippen molar-refractivity contribution in [1.82, 2.24) is 5.32 Å². The van der Waals surface area contributed by atoms with E-state index in [9.17, 15) is 14.0 Å². The Balaban J connectivity index is 2.13. The van der Waals surface area contributed by atoms with E-state index >= 15 is 0 Å². The highest BCUT2D eigenvalue weighted by Crippen LogP contribution is 2.24. The molecule has 1 unspecified atom stereocenters. The fourth-order valence-corrected chi connectivity index (χ4v) is 2.31. The smallest absolute Gasteiger partial charge is 0.414 e. The lowest BCUT2D eigenvalue weighted by Gasteiger charge is -2.14. The quantitative estimate of drug-likeness (QED) is 0.484. The predicted molar refractivity (Wildman–Crippen MR) is 87.1 cm³/mol. The van der Waals surface area contributed by atoms with Gasteiger partial charge in [-0.3, -0.25) is 9.69 Å². The number of nitrogens with two attached hydrogens (primary N) is 1. The molecule has 1 aliphatic heterocycles. The van der Waals surface area contributed by atoms with E-state index < -0.39 is 18.0 Å². The van der Waals surface area contributed by atoms with E-state index in [0.29, 0.717) is 5.69 Å². The number of hydrogen-bond donors (Lipinski definition) is 2. The zero-order chi connectivity index (χ0) is 17.0. The van der Waals surface area contributed by atoms with Crippen LogP contribution < -0.4 is 16.0 Å². The lowest BCUT2D eigenvalue weighted by atomic mass is 10.1. The molecule has 1 aromatic rings. The topological polar surface area (TPSA) is 97.0 Å². The standard InChI is InChI=1S/C14H15FN4O3S/c1-8(20)17-5-10-6-19(14(21)22-10)9-2-3-11(12(15)4-9)13(23)18-7-16/h2-4,7,10H,5-6H2,1H3,(H,17,20)(H2,16,18,23). The van der Waals surface area contributed by atoms with E-state index in [1.807, 2.05) is 0 Å². The first kappa shape index (κ1) is 16.8. The minimum Gasteiger partial charge on any atom is -0.442 e. The van der Waals surface area contributed by atoms with Crippen molar-refractivity contribution in [3.8, 4) is 0 Å². The van der Waals surface area contributed by atoms with Gasteiger partial charge in [0.2, 0.25) is 5.91 Å². The fraction of sp³-hybridized carbons (Fsp3) is 0.286. The van der Waals surface area contributed by atoms with E-state index in [-0.39, 0.29) is 29.5 Å². The van der Waals surface area contributed by atoms with Gasteiger partial charge in [0.1, 0.15) is 16.9 Å². The number of hydrogen-bond acceptors (Lipinski definition) is 4. The first-order valence-corrected chi connectivity index (χ1v) is 7.14. The first-order valence-electron chi connectivity index (χ1n) is 6.73. The Morgan fingerprint density at radius 3 is 3.00 bits per heavy atom. The van der Waals surface area contributed by atoms with Crippen molar-refractivity contribution in [3.05, 3.63) is 29.6 Å². The third kappa shape index (κ3) is 4.01. The van der Waals surface area contributed by atoms with Crippen molar-refractivity contribution in [2.45, 2.75) is 13.0 Å². The predicted octanol–water partition coefficient (Wildman–Crippen LogP) is 0.949. The van der Waals surface area contributed by atoms with Crippen LogP contribution in [0.2, 0.25) is 0 Å². The maximum atomic E-state index is 14.1. The highest BCUT2D eigenvalue weighted by molar-refractivity contribution is 7.80. The summed E-state index contributed by atoms with van der Waals surface area (Å²) in [7, 11) is 0. The number of halogens is 1. The molecule has 0 spiro atoms. The molecule has 2 rings (SSSR count). The SMILES string of the molecule is CC(=O)NCC1CN(c2ccc(C(=S)N=CN)c(F)c2)C(=O)O1. The molecule has 0 bridgehead atoms. The molecule has 7 nitrogen and oxygen atoms in total. The highest BCUT2D eigenvalue weighted by atomic mass is 32.1. The van der Waals surface area contributed by atoms with E-state index in [1.54, 1.807) is 6.07 Å². The minimum absolute atomic E-state index is 0.0177. The summed E-state index contributed by atoms with van der Waals surface area (Å²) in [5, 5.41) is 2.57. The molecule has 1 fully saturated rings. The lowest BCUT2D eigenvalue weighted by molar-refractivity contribution is -0.119. The first-order chi connectivity index (χ1) is 10.9.